The largest absolute Gasteiger partial charge is 0.507 e. The molecule has 3 amide bonds. The summed E-state index contributed by atoms with van der Waals surface area (Å²) >= 11 is 9.10. The molecule has 0 spiro atoms. The lowest BCUT2D eigenvalue weighted by atomic mass is 10.1. The molecule has 0 radical (unpaired) electrons. The summed E-state index contributed by atoms with van der Waals surface area (Å²) in [5.74, 6) is -0.496. The van der Waals surface area contributed by atoms with Gasteiger partial charge in [-0.2, -0.15) is 0 Å². The van der Waals surface area contributed by atoms with Crippen molar-refractivity contribution in [1.29, 1.82) is 0 Å². The second kappa shape index (κ2) is 6.06. The van der Waals surface area contributed by atoms with Crippen LogP contribution in [0.3, 0.4) is 0 Å². The number of carbonyl (C=O) groups excluding carboxylic acids is 2. The Hall–Kier alpha value is -2.31. The van der Waals surface area contributed by atoms with Crippen molar-refractivity contribution in [3.8, 4) is 5.75 Å². The Morgan fingerprint density at radius 3 is 2.52 bits per heavy atom. The molecular weight excluding hydrogens is 384 g/mol. The number of hydrogen-bond donors (Lipinski definition) is 2. The SMILES string of the molecule is O=C1NC(=Cc2cc(Br)ccc2O)C(=O)N1c1ccc(Cl)cc1. The van der Waals surface area contributed by atoms with Crippen LogP contribution in [0.15, 0.2) is 52.6 Å². The Labute approximate surface area is 145 Å². The monoisotopic (exact) mass is 392 g/mol. The van der Waals surface area contributed by atoms with Crippen molar-refractivity contribution >= 4 is 51.2 Å². The molecule has 1 heterocycles. The summed E-state index contributed by atoms with van der Waals surface area (Å²) in [6.45, 7) is 0. The van der Waals surface area contributed by atoms with Gasteiger partial charge in [0.15, 0.2) is 0 Å². The van der Waals surface area contributed by atoms with Crippen LogP contribution in [0.5, 0.6) is 5.75 Å². The van der Waals surface area contributed by atoms with Crippen LogP contribution in [0.25, 0.3) is 6.08 Å². The minimum atomic E-state index is -0.557. The summed E-state index contributed by atoms with van der Waals surface area (Å²) in [6.07, 6.45) is 1.43. The van der Waals surface area contributed by atoms with Gasteiger partial charge in [-0.1, -0.05) is 27.5 Å². The number of anilines is 1. The zero-order chi connectivity index (χ0) is 16.6. The van der Waals surface area contributed by atoms with Gasteiger partial charge in [0.05, 0.1) is 5.69 Å². The van der Waals surface area contributed by atoms with Crippen LogP contribution < -0.4 is 10.2 Å². The molecule has 7 heteroatoms. The molecule has 0 unspecified atom stereocenters. The number of amides is 3. The van der Waals surface area contributed by atoms with Gasteiger partial charge in [0, 0.05) is 15.1 Å². The van der Waals surface area contributed by atoms with Crippen molar-refractivity contribution in [2.75, 3.05) is 4.90 Å². The molecule has 1 aliphatic heterocycles. The fourth-order valence-electron chi connectivity index (χ4n) is 2.16. The molecule has 1 aliphatic rings. The lowest BCUT2D eigenvalue weighted by molar-refractivity contribution is -0.113. The molecule has 0 atom stereocenters. The standard InChI is InChI=1S/C16H10BrClN2O3/c17-10-1-6-14(21)9(7-10)8-13-15(22)20(16(23)19-13)12-4-2-11(18)3-5-12/h1-8,21H,(H,19,23). The van der Waals surface area contributed by atoms with E-state index in [0.717, 1.165) is 9.37 Å². The lowest BCUT2D eigenvalue weighted by Crippen LogP contribution is -2.30. The number of hydrogen-bond acceptors (Lipinski definition) is 3. The maximum absolute atomic E-state index is 12.4. The van der Waals surface area contributed by atoms with Gasteiger partial charge >= 0.3 is 6.03 Å². The molecule has 23 heavy (non-hydrogen) atoms. The first-order valence-electron chi connectivity index (χ1n) is 6.57. The van der Waals surface area contributed by atoms with E-state index in [1.165, 1.54) is 12.1 Å². The van der Waals surface area contributed by atoms with Crippen LogP contribution in [0.1, 0.15) is 5.56 Å². The molecular formula is C16H10BrClN2O3. The number of phenolic OH excluding ortho intramolecular Hbond substituents is 1. The highest BCUT2D eigenvalue weighted by molar-refractivity contribution is 9.10. The van der Waals surface area contributed by atoms with Gasteiger partial charge in [-0.3, -0.25) is 4.79 Å². The van der Waals surface area contributed by atoms with Crippen molar-refractivity contribution in [3.05, 3.63) is 63.2 Å². The maximum atomic E-state index is 12.4. The number of nitrogens with one attached hydrogen (secondary N) is 1. The number of imide groups is 1. The summed E-state index contributed by atoms with van der Waals surface area (Å²) in [7, 11) is 0. The van der Waals surface area contributed by atoms with Crippen LogP contribution in [-0.2, 0) is 4.79 Å². The zero-order valence-corrected chi connectivity index (χ0v) is 13.9. The summed E-state index contributed by atoms with van der Waals surface area (Å²) in [6, 6.07) is 10.6. The third-order valence-corrected chi connectivity index (χ3v) is 4.00. The van der Waals surface area contributed by atoms with Crippen molar-refractivity contribution in [2.45, 2.75) is 0 Å². The van der Waals surface area contributed by atoms with E-state index in [4.69, 9.17) is 11.6 Å². The number of nitrogens with zero attached hydrogens (tertiary/aromatic N) is 1. The molecule has 116 valence electrons. The molecule has 2 aromatic carbocycles. The van der Waals surface area contributed by atoms with E-state index < -0.39 is 11.9 Å². The highest BCUT2D eigenvalue weighted by Gasteiger charge is 2.34. The molecule has 1 saturated heterocycles. The van der Waals surface area contributed by atoms with Crippen LogP contribution in [0.4, 0.5) is 10.5 Å². The number of benzene rings is 2. The summed E-state index contributed by atoms with van der Waals surface area (Å²) in [4.78, 5) is 25.5. The smallest absolute Gasteiger partial charge is 0.333 e. The minimum absolute atomic E-state index is 0.00712. The maximum Gasteiger partial charge on any atom is 0.333 e. The molecule has 0 bridgehead atoms. The molecule has 1 fully saturated rings. The predicted molar refractivity (Wildman–Crippen MR) is 91.3 cm³/mol. The quantitative estimate of drug-likeness (QED) is 0.600. The normalized spacial score (nSPS) is 16.1. The van der Waals surface area contributed by atoms with E-state index in [1.54, 1.807) is 36.4 Å². The van der Waals surface area contributed by atoms with Crippen LogP contribution in [0.2, 0.25) is 5.02 Å². The van der Waals surface area contributed by atoms with Gasteiger partial charge in [-0.15, -0.1) is 0 Å². The highest BCUT2D eigenvalue weighted by atomic mass is 79.9. The first-order chi connectivity index (χ1) is 11.0. The molecule has 2 N–H and O–H groups in total. The first kappa shape index (κ1) is 15.6. The van der Waals surface area contributed by atoms with Crippen LogP contribution in [0, 0.1) is 0 Å². The van der Waals surface area contributed by atoms with Gasteiger partial charge in [0.25, 0.3) is 5.91 Å². The van der Waals surface area contributed by atoms with Gasteiger partial charge < -0.3 is 10.4 Å². The fraction of sp³-hybridized carbons (Fsp3) is 0. The van der Waals surface area contributed by atoms with Crippen LogP contribution >= 0.6 is 27.5 Å². The Balaban J connectivity index is 1.96. The Morgan fingerprint density at radius 2 is 1.83 bits per heavy atom. The van der Waals surface area contributed by atoms with Crippen molar-refractivity contribution in [3.63, 3.8) is 0 Å². The third kappa shape index (κ3) is 3.09. The Bertz CT molecular complexity index is 834. The second-order valence-electron chi connectivity index (χ2n) is 4.81. The van der Waals surface area contributed by atoms with E-state index in [2.05, 4.69) is 21.2 Å². The molecule has 5 nitrogen and oxygen atoms in total. The number of halogens is 2. The molecule has 0 aromatic heterocycles. The second-order valence-corrected chi connectivity index (χ2v) is 6.16. The van der Waals surface area contributed by atoms with Gasteiger partial charge in [-0.25, -0.2) is 9.69 Å². The van der Waals surface area contributed by atoms with E-state index in [9.17, 15) is 14.7 Å². The predicted octanol–water partition coefficient (Wildman–Crippen LogP) is 3.91. The average Bonchev–Trinajstić information content (AvgIpc) is 2.79. The lowest BCUT2D eigenvalue weighted by Gasteiger charge is -2.11. The number of carbonyl (C=O) groups is 2. The Kier molecular flexibility index (Phi) is 4.11. The summed E-state index contributed by atoms with van der Waals surface area (Å²) < 4.78 is 0.744. The number of urea groups is 1. The van der Waals surface area contributed by atoms with Gasteiger partial charge in [-0.05, 0) is 48.5 Å². The van der Waals surface area contributed by atoms with Gasteiger partial charge in [0.1, 0.15) is 11.4 Å². The molecule has 0 saturated carbocycles. The molecule has 2 aromatic rings. The summed E-state index contributed by atoms with van der Waals surface area (Å²) in [5, 5.41) is 12.9. The van der Waals surface area contributed by atoms with Crippen molar-refractivity contribution in [1.82, 2.24) is 5.32 Å². The molecule has 3 rings (SSSR count). The third-order valence-electron chi connectivity index (χ3n) is 3.25. The van der Waals surface area contributed by atoms with E-state index in [-0.39, 0.29) is 11.4 Å². The Morgan fingerprint density at radius 1 is 1.13 bits per heavy atom. The van der Waals surface area contributed by atoms with Crippen molar-refractivity contribution < 1.29 is 14.7 Å². The number of phenols is 1. The van der Waals surface area contributed by atoms with E-state index in [0.29, 0.717) is 16.3 Å². The zero-order valence-electron chi connectivity index (χ0n) is 11.6. The summed E-state index contributed by atoms with van der Waals surface area (Å²) in [5.41, 5.74) is 0.915. The van der Waals surface area contributed by atoms with Crippen LogP contribution in [-0.4, -0.2) is 17.0 Å². The van der Waals surface area contributed by atoms with E-state index >= 15 is 0 Å². The van der Waals surface area contributed by atoms with Gasteiger partial charge in [0.2, 0.25) is 0 Å². The minimum Gasteiger partial charge on any atom is -0.507 e. The fourth-order valence-corrected chi connectivity index (χ4v) is 2.66. The highest BCUT2D eigenvalue weighted by Crippen LogP contribution is 2.27. The number of rotatable bonds is 2. The first-order valence-corrected chi connectivity index (χ1v) is 7.74. The number of aromatic hydroxyl groups is 1. The topological polar surface area (TPSA) is 69.6 Å². The van der Waals surface area contributed by atoms with Crippen molar-refractivity contribution in [2.24, 2.45) is 0 Å². The molecule has 0 aliphatic carbocycles. The average molecular weight is 394 g/mol. The van der Waals surface area contributed by atoms with E-state index in [1.807, 2.05) is 0 Å².